The fraction of sp³-hybridized carbons (Fsp3) is 0.417. The predicted molar refractivity (Wildman–Crippen MR) is 69.4 cm³/mol. The second-order valence-electron chi connectivity index (χ2n) is 3.90. The van der Waals surface area contributed by atoms with Gasteiger partial charge in [0.25, 0.3) is 0 Å². The zero-order chi connectivity index (χ0) is 13.1. The van der Waals surface area contributed by atoms with E-state index in [4.69, 9.17) is 16.3 Å². The molecule has 0 spiro atoms. The van der Waals surface area contributed by atoms with Crippen LogP contribution in [0.3, 0.4) is 0 Å². The molecule has 2 aromatic heterocycles. The molecule has 0 aliphatic rings. The van der Waals surface area contributed by atoms with Gasteiger partial charge in [-0.3, -0.25) is 4.68 Å². The SMILES string of the molecule is CCn1cc(-c2cc(Cl)nc([C@H](C)OC)n2)cn1. The van der Waals surface area contributed by atoms with E-state index < -0.39 is 0 Å². The van der Waals surface area contributed by atoms with E-state index in [0.29, 0.717) is 11.0 Å². The molecule has 2 rings (SSSR count). The van der Waals surface area contributed by atoms with Gasteiger partial charge in [0.1, 0.15) is 11.3 Å². The molecule has 0 N–H and O–H groups in total. The number of hydrogen-bond donors (Lipinski definition) is 0. The Morgan fingerprint density at radius 3 is 2.83 bits per heavy atom. The monoisotopic (exact) mass is 266 g/mol. The fourth-order valence-corrected chi connectivity index (χ4v) is 1.73. The minimum Gasteiger partial charge on any atom is -0.374 e. The quantitative estimate of drug-likeness (QED) is 0.799. The Bertz CT molecular complexity index is 541. The number of methoxy groups -OCH3 is 1. The van der Waals surface area contributed by atoms with Gasteiger partial charge in [0.05, 0.1) is 11.9 Å². The van der Waals surface area contributed by atoms with E-state index in [1.54, 1.807) is 19.4 Å². The van der Waals surface area contributed by atoms with Crippen molar-refractivity contribution in [1.82, 2.24) is 19.7 Å². The molecule has 6 heteroatoms. The van der Waals surface area contributed by atoms with E-state index >= 15 is 0 Å². The van der Waals surface area contributed by atoms with Gasteiger partial charge in [0.2, 0.25) is 0 Å². The zero-order valence-corrected chi connectivity index (χ0v) is 11.3. The number of aryl methyl sites for hydroxylation is 1. The Labute approximate surface area is 111 Å². The van der Waals surface area contributed by atoms with Crippen molar-refractivity contribution in [3.05, 3.63) is 29.4 Å². The van der Waals surface area contributed by atoms with Crippen molar-refractivity contribution in [3.8, 4) is 11.3 Å². The van der Waals surface area contributed by atoms with Gasteiger partial charge in [-0.2, -0.15) is 5.10 Å². The first-order valence-corrected chi connectivity index (χ1v) is 6.12. The van der Waals surface area contributed by atoms with Crippen molar-refractivity contribution >= 4 is 11.6 Å². The predicted octanol–water partition coefficient (Wildman–Crippen LogP) is 2.72. The molecule has 0 bridgehead atoms. The maximum Gasteiger partial charge on any atom is 0.159 e. The summed E-state index contributed by atoms with van der Waals surface area (Å²) in [5.74, 6) is 0.573. The first-order chi connectivity index (χ1) is 8.63. The molecule has 2 aromatic rings. The molecule has 0 saturated heterocycles. The Morgan fingerprint density at radius 1 is 1.44 bits per heavy atom. The summed E-state index contributed by atoms with van der Waals surface area (Å²) in [4.78, 5) is 8.61. The molecule has 0 unspecified atom stereocenters. The summed E-state index contributed by atoms with van der Waals surface area (Å²) in [5, 5.41) is 4.62. The van der Waals surface area contributed by atoms with Gasteiger partial charge >= 0.3 is 0 Å². The van der Waals surface area contributed by atoms with Gasteiger partial charge < -0.3 is 4.74 Å². The second kappa shape index (κ2) is 5.46. The lowest BCUT2D eigenvalue weighted by atomic mass is 10.2. The lowest BCUT2D eigenvalue weighted by Gasteiger charge is -2.09. The number of ether oxygens (including phenoxy) is 1. The van der Waals surface area contributed by atoms with E-state index in [-0.39, 0.29) is 6.10 Å². The molecule has 5 nitrogen and oxygen atoms in total. The maximum absolute atomic E-state index is 6.01. The average Bonchev–Trinajstić information content (AvgIpc) is 2.85. The molecular weight excluding hydrogens is 252 g/mol. The first-order valence-electron chi connectivity index (χ1n) is 5.74. The topological polar surface area (TPSA) is 52.8 Å². The molecule has 96 valence electrons. The number of halogens is 1. The van der Waals surface area contributed by atoms with Gasteiger partial charge in [-0.25, -0.2) is 9.97 Å². The summed E-state index contributed by atoms with van der Waals surface area (Å²) in [6.45, 7) is 4.73. The van der Waals surface area contributed by atoms with Crippen molar-refractivity contribution in [1.29, 1.82) is 0 Å². The van der Waals surface area contributed by atoms with Crippen LogP contribution in [0.5, 0.6) is 0 Å². The van der Waals surface area contributed by atoms with E-state index in [1.807, 2.05) is 24.7 Å². The van der Waals surface area contributed by atoms with Crippen LogP contribution in [-0.4, -0.2) is 26.9 Å². The Morgan fingerprint density at radius 2 is 2.22 bits per heavy atom. The highest BCUT2D eigenvalue weighted by atomic mass is 35.5. The molecule has 0 aliphatic heterocycles. The van der Waals surface area contributed by atoms with E-state index in [9.17, 15) is 0 Å². The summed E-state index contributed by atoms with van der Waals surface area (Å²) in [6, 6.07) is 1.73. The van der Waals surface area contributed by atoms with Crippen LogP contribution in [-0.2, 0) is 11.3 Å². The highest BCUT2D eigenvalue weighted by Crippen LogP contribution is 2.22. The maximum atomic E-state index is 6.01. The van der Waals surface area contributed by atoms with Crippen molar-refractivity contribution in [2.45, 2.75) is 26.5 Å². The third-order valence-electron chi connectivity index (χ3n) is 2.68. The van der Waals surface area contributed by atoms with Crippen LogP contribution < -0.4 is 0 Å². The molecule has 1 atom stereocenters. The average molecular weight is 267 g/mol. The minimum absolute atomic E-state index is 0.191. The van der Waals surface area contributed by atoms with Gasteiger partial charge in [-0.1, -0.05) is 11.6 Å². The molecule has 0 aliphatic carbocycles. The Hall–Kier alpha value is -1.46. The molecule has 0 amide bonds. The summed E-state index contributed by atoms with van der Waals surface area (Å²) in [5.41, 5.74) is 1.68. The molecule has 2 heterocycles. The summed E-state index contributed by atoms with van der Waals surface area (Å²) in [6.07, 6.45) is 3.51. The van der Waals surface area contributed by atoms with Crippen LogP contribution in [0, 0.1) is 0 Å². The van der Waals surface area contributed by atoms with E-state index in [2.05, 4.69) is 15.1 Å². The lowest BCUT2D eigenvalue weighted by molar-refractivity contribution is 0.112. The van der Waals surface area contributed by atoms with Crippen LogP contribution in [0.15, 0.2) is 18.5 Å². The number of nitrogens with zero attached hydrogens (tertiary/aromatic N) is 4. The highest BCUT2D eigenvalue weighted by Gasteiger charge is 2.12. The van der Waals surface area contributed by atoms with Crippen LogP contribution in [0.2, 0.25) is 5.15 Å². The van der Waals surface area contributed by atoms with Crippen LogP contribution in [0.4, 0.5) is 0 Å². The normalized spacial score (nSPS) is 12.7. The van der Waals surface area contributed by atoms with Gasteiger partial charge in [-0.05, 0) is 13.8 Å². The lowest BCUT2D eigenvalue weighted by Crippen LogP contribution is -2.03. The molecule has 0 radical (unpaired) electrons. The summed E-state index contributed by atoms with van der Waals surface area (Å²) >= 11 is 6.01. The van der Waals surface area contributed by atoms with Gasteiger partial charge in [0, 0.05) is 31.5 Å². The zero-order valence-electron chi connectivity index (χ0n) is 10.6. The van der Waals surface area contributed by atoms with Crippen LogP contribution in [0.1, 0.15) is 25.8 Å². The standard InChI is InChI=1S/C12H15ClN4O/c1-4-17-7-9(6-14-17)10-5-11(13)16-12(15-10)8(2)18-3/h5-8H,4H2,1-3H3/t8-/m0/s1. The third-order valence-corrected chi connectivity index (χ3v) is 2.88. The molecule has 0 fully saturated rings. The summed E-state index contributed by atoms with van der Waals surface area (Å²) in [7, 11) is 1.61. The molecular formula is C12H15ClN4O. The minimum atomic E-state index is -0.191. The third kappa shape index (κ3) is 2.68. The van der Waals surface area contributed by atoms with Crippen molar-refractivity contribution in [2.24, 2.45) is 0 Å². The van der Waals surface area contributed by atoms with Gasteiger partial charge in [0.15, 0.2) is 5.82 Å². The molecule has 18 heavy (non-hydrogen) atoms. The smallest absolute Gasteiger partial charge is 0.159 e. The largest absolute Gasteiger partial charge is 0.374 e. The number of hydrogen-bond acceptors (Lipinski definition) is 4. The Balaban J connectivity index is 2.41. The molecule has 0 saturated carbocycles. The Kier molecular flexibility index (Phi) is 3.93. The highest BCUT2D eigenvalue weighted by molar-refractivity contribution is 6.29. The first kappa shape index (κ1) is 13.0. The summed E-state index contributed by atoms with van der Waals surface area (Å²) < 4.78 is 7.04. The van der Waals surface area contributed by atoms with Crippen molar-refractivity contribution < 1.29 is 4.74 Å². The van der Waals surface area contributed by atoms with Crippen LogP contribution in [0.25, 0.3) is 11.3 Å². The fourth-order valence-electron chi connectivity index (χ4n) is 1.54. The van der Waals surface area contributed by atoms with Crippen molar-refractivity contribution in [3.63, 3.8) is 0 Å². The number of aromatic nitrogens is 4. The molecule has 0 aromatic carbocycles. The second-order valence-corrected chi connectivity index (χ2v) is 4.28. The number of rotatable bonds is 4. The van der Waals surface area contributed by atoms with Crippen LogP contribution >= 0.6 is 11.6 Å². The van der Waals surface area contributed by atoms with Crippen molar-refractivity contribution in [2.75, 3.05) is 7.11 Å². The van der Waals surface area contributed by atoms with Gasteiger partial charge in [-0.15, -0.1) is 0 Å². The van der Waals surface area contributed by atoms with E-state index in [0.717, 1.165) is 17.8 Å². The van der Waals surface area contributed by atoms with E-state index in [1.165, 1.54) is 0 Å².